The van der Waals surface area contributed by atoms with Gasteiger partial charge in [0.2, 0.25) is 0 Å². The predicted molar refractivity (Wildman–Crippen MR) is 157 cm³/mol. The average molecular weight is 611 g/mol. The molecule has 43 heavy (non-hydrogen) atoms. The summed E-state index contributed by atoms with van der Waals surface area (Å²) < 4.78 is 55.4. The maximum Gasteiger partial charge on any atom is 0.439 e. The van der Waals surface area contributed by atoms with Crippen LogP contribution in [0.5, 0.6) is 11.5 Å². The number of halogens is 3. The second-order valence-electron chi connectivity index (χ2n) is 9.65. The molecule has 2 heterocycles. The molecule has 224 valence electrons. The highest BCUT2D eigenvalue weighted by molar-refractivity contribution is 7.15. The zero-order chi connectivity index (χ0) is 30.2. The molecule has 12 heteroatoms. The van der Waals surface area contributed by atoms with E-state index in [2.05, 4.69) is 32.1 Å². The molecule has 0 saturated heterocycles. The standard InChI is InChI=1S/C31H29F3N4O4S/c1-40-26-18-23(13-14-24(26)28-37-30(39)42-38-28)41-19-27-25(8-5-16-35-17-15-20-6-3-2-4-7-20)36-29(43-27)21-9-11-22(12-10-21)31(32,33)34/h2-4,6-7,9-14,18,35H,5,8,15-17,19H2,1H3,(H,37,38,39). The van der Waals surface area contributed by atoms with Crippen molar-refractivity contribution in [2.75, 3.05) is 20.2 Å². The third-order valence-electron chi connectivity index (χ3n) is 6.68. The van der Waals surface area contributed by atoms with E-state index >= 15 is 0 Å². The molecule has 5 rings (SSSR count). The molecule has 0 aliphatic heterocycles. The number of aromatic amines is 1. The molecule has 2 N–H and O–H groups in total. The summed E-state index contributed by atoms with van der Waals surface area (Å²) in [6, 6.07) is 20.4. The SMILES string of the molecule is COc1cc(OCc2sc(-c3ccc(C(F)(F)F)cc3)nc2CCCNCCc2ccccc2)ccc1-c1noc(=O)[nH]1. The van der Waals surface area contributed by atoms with Crippen LogP contribution >= 0.6 is 11.3 Å². The van der Waals surface area contributed by atoms with Gasteiger partial charge in [-0.1, -0.05) is 47.6 Å². The molecule has 0 amide bonds. The molecule has 5 aromatic rings. The van der Waals surface area contributed by atoms with Crippen molar-refractivity contribution >= 4 is 11.3 Å². The largest absolute Gasteiger partial charge is 0.496 e. The van der Waals surface area contributed by atoms with Crippen LogP contribution in [0, 0.1) is 0 Å². The van der Waals surface area contributed by atoms with Crippen LogP contribution in [0.25, 0.3) is 22.0 Å². The number of nitrogens with one attached hydrogen (secondary N) is 2. The number of nitrogens with zero attached hydrogens (tertiary/aromatic N) is 2. The minimum absolute atomic E-state index is 0.207. The summed E-state index contributed by atoms with van der Waals surface area (Å²) in [5.41, 5.74) is 2.55. The zero-order valence-electron chi connectivity index (χ0n) is 23.2. The van der Waals surface area contributed by atoms with E-state index in [-0.39, 0.29) is 12.4 Å². The summed E-state index contributed by atoms with van der Waals surface area (Å²) in [6.45, 7) is 1.86. The van der Waals surface area contributed by atoms with Crippen LogP contribution in [0.1, 0.15) is 28.1 Å². The lowest BCUT2D eigenvalue weighted by Gasteiger charge is -2.10. The Balaban J connectivity index is 1.28. The van der Waals surface area contributed by atoms with Crippen molar-refractivity contribution < 1.29 is 27.2 Å². The molecule has 0 radical (unpaired) electrons. The van der Waals surface area contributed by atoms with Crippen molar-refractivity contribution in [3.05, 3.63) is 105 Å². The van der Waals surface area contributed by atoms with E-state index in [9.17, 15) is 18.0 Å². The summed E-state index contributed by atoms with van der Waals surface area (Å²) in [5, 5.41) is 7.79. The molecule has 0 saturated carbocycles. The molecule has 0 spiro atoms. The molecule has 0 fully saturated rings. The highest BCUT2D eigenvalue weighted by Gasteiger charge is 2.30. The minimum Gasteiger partial charge on any atom is -0.496 e. The quantitative estimate of drug-likeness (QED) is 0.146. The van der Waals surface area contributed by atoms with Crippen LogP contribution in [0.2, 0.25) is 0 Å². The van der Waals surface area contributed by atoms with E-state index in [0.29, 0.717) is 34.1 Å². The van der Waals surface area contributed by atoms with Gasteiger partial charge in [0, 0.05) is 11.6 Å². The fourth-order valence-corrected chi connectivity index (χ4v) is 5.48. The van der Waals surface area contributed by atoms with Gasteiger partial charge in [0.05, 0.1) is 28.8 Å². The van der Waals surface area contributed by atoms with Crippen LogP contribution in [0.15, 0.2) is 82.1 Å². The predicted octanol–water partition coefficient (Wildman–Crippen LogP) is 6.52. The Morgan fingerprint density at radius 2 is 1.79 bits per heavy atom. The lowest BCUT2D eigenvalue weighted by atomic mass is 10.1. The number of benzene rings is 3. The first-order chi connectivity index (χ1) is 20.8. The number of aromatic nitrogens is 3. The number of methoxy groups -OCH3 is 1. The van der Waals surface area contributed by atoms with Crippen LogP contribution < -0.4 is 20.5 Å². The van der Waals surface area contributed by atoms with Crippen LogP contribution in [-0.4, -0.2) is 35.3 Å². The fraction of sp³-hybridized carbons (Fsp3) is 0.258. The summed E-state index contributed by atoms with van der Waals surface area (Å²) in [5.74, 6) is 0.505. The van der Waals surface area contributed by atoms with Gasteiger partial charge in [0.25, 0.3) is 0 Å². The average Bonchev–Trinajstić information content (AvgIpc) is 3.63. The van der Waals surface area contributed by atoms with E-state index in [1.165, 1.54) is 36.1 Å². The summed E-state index contributed by atoms with van der Waals surface area (Å²) in [7, 11) is 1.49. The van der Waals surface area contributed by atoms with E-state index in [0.717, 1.165) is 48.6 Å². The number of thiazole rings is 1. The first-order valence-electron chi connectivity index (χ1n) is 13.6. The molecule has 2 aromatic heterocycles. The number of H-pyrrole nitrogens is 1. The molecule has 0 aliphatic carbocycles. The van der Waals surface area contributed by atoms with Gasteiger partial charge in [-0.3, -0.25) is 9.51 Å². The number of hydrogen-bond acceptors (Lipinski definition) is 8. The van der Waals surface area contributed by atoms with Gasteiger partial charge in [-0.05, 0) is 62.2 Å². The van der Waals surface area contributed by atoms with Gasteiger partial charge in [-0.2, -0.15) is 13.2 Å². The first kappa shape index (κ1) is 30.1. The van der Waals surface area contributed by atoms with Crippen LogP contribution in [0.3, 0.4) is 0 Å². The third-order valence-corrected chi connectivity index (χ3v) is 7.80. The Labute approximate surface area is 249 Å². The molecule has 8 nitrogen and oxygen atoms in total. The Morgan fingerprint density at radius 3 is 2.49 bits per heavy atom. The Hall–Kier alpha value is -4.42. The van der Waals surface area contributed by atoms with Crippen molar-refractivity contribution in [1.29, 1.82) is 0 Å². The number of hydrogen-bond donors (Lipinski definition) is 2. The summed E-state index contributed by atoms with van der Waals surface area (Å²) in [6.07, 6.45) is -1.96. The topological polar surface area (TPSA) is 102 Å². The maximum absolute atomic E-state index is 13.1. The van der Waals surface area contributed by atoms with Gasteiger partial charge >= 0.3 is 11.9 Å². The van der Waals surface area contributed by atoms with Gasteiger partial charge < -0.3 is 14.8 Å². The highest BCUT2D eigenvalue weighted by atomic mass is 32.1. The summed E-state index contributed by atoms with van der Waals surface area (Å²) in [4.78, 5) is 19.5. The Morgan fingerprint density at radius 1 is 1.00 bits per heavy atom. The van der Waals surface area contributed by atoms with Crippen LogP contribution in [0.4, 0.5) is 13.2 Å². The first-order valence-corrected chi connectivity index (χ1v) is 14.4. The second-order valence-corrected chi connectivity index (χ2v) is 10.7. The molecular formula is C31H29F3N4O4S. The lowest BCUT2D eigenvalue weighted by Crippen LogP contribution is -2.19. The van der Waals surface area contributed by atoms with Crippen LogP contribution in [-0.2, 0) is 25.6 Å². The molecule has 3 aromatic carbocycles. The van der Waals surface area contributed by atoms with Gasteiger partial charge in [-0.25, -0.2) is 9.78 Å². The Bertz CT molecular complexity index is 1680. The molecule has 0 aliphatic rings. The Kier molecular flexibility index (Phi) is 9.58. The van der Waals surface area contributed by atoms with Crippen molar-refractivity contribution in [2.45, 2.75) is 32.0 Å². The number of rotatable bonds is 13. The monoisotopic (exact) mass is 610 g/mol. The molecule has 0 unspecified atom stereocenters. The van der Waals surface area contributed by atoms with E-state index in [4.69, 9.17) is 14.5 Å². The minimum atomic E-state index is -4.40. The number of ether oxygens (including phenoxy) is 2. The van der Waals surface area contributed by atoms with E-state index < -0.39 is 17.5 Å². The molecule has 0 bridgehead atoms. The van der Waals surface area contributed by atoms with E-state index in [1.54, 1.807) is 18.2 Å². The normalized spacial score (nSPS) is 11.5. The summed E-state index contributed by atoms with van der Waals surface area (Å²) >= 11 is 1.39. The molecular weight excluding hydrogens is 581 g/mol. The van der Waals surface area contributed by atoms with Crippen molar-refractivity contribution in [2.24, 2.45) is 0 Å². The number of aryl methyl sites for hydroxylation is 1. The van der Waals surface area contributed by atoms with Crippen molar-refractivity contribution in [3.8, 4) is 33.5 Å². The zero-order valence-corrected chi connectivity index (χ0v) is 24.1. The van der Waals surface area contributed by atoms with E-state index in [1.807, 2.05) is 18.2 Å². The van der Waals surface area contributed by atoms with Gasteiger partial charge in [0.15, 0.2) is 5.82 Å². The maximum atomic E-state index is 13.1. The lowest BCUT2D eigenvalue weighted by molar-refractivity contribution is -0.137. The fourth-order valence-electron chi connectivity index (χ4n) is 4.45. The van der Waals surface area contributed by atoms with Gasteiger partial charge in [-0.15, -0.1) is 11.3 Å². The smallest absolute Gasteiger partial charge is 0.439 e. The number of alkyl halides is 3. The van der Waals surface area contributed by atoms with Crippen molar-refractivity contribution in [1.82, 2.24) is 20.4 Å². The third kappa shape index (κ3) is 7.90. The second kappa shape index (κ2) is 13.7. The van der Waals surface area contributed by atoms with Gasteiger partial charge in [0.1, 0.15) is 23.1 Å². The highest BCUT2D eigenvalue weighted by Crippen LogP contribution is 2.35. The molecule has 0 atom stereocenters. The van der Waals surface area contributed by atoms with Crippen molar-refractivity contribution in [3.63, 3.8) is 0 Å².